The molecule has 5 nitrogen and oxygen atoms in total. The Bertz CT molecular complexity index is 1080. The van der Waals surface area contributed by atoms with Gasteiger partial charge in [-0.15, -0.1) is 22.7 Å². The summed E-state index contributed by atoms with van der Waals surface area (Å²) in [5.74, 6) is -1.52. The zero-order valence-electron chi connectivity index (χ0n) is 15.6. The topological polar surface area (TPSA) is 70.5 Å². The molecule has 0 spiro atoms. The number of benzene rings is 1. The van der Waals surface area contributed by atoms with Crippen LogP contribution in [0.2, 0.25) is 0 Å². The van der Waals surface area contributed by atoms with E-state index in [1.54, 1.807) is 12.1 Å². The molecule has 1 aromatic carbocycles. The maximum atomic E-state index is 12.9. The molecule has 0 radical (unpaired) electrons. The molecular weight excluding hydrogens is 392 g/mol. The minimum Gasteiger partial charge on any atom is -0.507 e. The van der Waals surface area contributed by atoms with Gasteiger partial charge in [0.2, 0.25) is 0 Å². The van der Waals surface area contributed by atoms with Crippen LogP contribution in [0.1, 0.15) is 32.6 Å². The first-order valence-corrected chi connectivity index (χ1v) is 10.4. The van der Waals surface area contributed by atoms with Crippen molar-refractivity contribution in [1.82, 2.24) is 4.98 Å². The molecule has 28 heavy (non-hydrogen) atoms. The van der Waals surface area contributed by atoms with Gasteiger partial charge in [-0.3, -0.25) is 14.5 Å². The van der Waals surface area contributed by atoms with Gasteiger partial charge in [-0.2, -0.15) is 0 Å². The molecular formula is C21H18N2O3S2. The Labute approximate surface area is 170 Å². The second-order valence-electron chi connectivity index (χ2n) is 6.69. The molecule has 0 bridgehead atoms. The van der Waals surface area contributed by atoms with Crippen molar-refractivity contribution in [1.29, 1.82) is 0 Å². The number of amides is 1. The lowest BCUT2D eigenvalue weighted by Gasteiger charge is -2.21. The first-order chi connectivity index (χ1) is 13.4. The summed E-state index contributed by atoms with van der Waals surface area (Å²) in [4.78, 5) is 33.6. The van der Waals surface area contributed by atoms with E-state index in [1.165, 1.54) is 27.6 Å². The van der Waals surface area contributed by atoms with E-state index in [1.807, 2.05) is 50.4 Å². The van der Waals surface area contributed by atoms with Crippen LogP contribution in [0, 0.1) is 20.8 Å². The largest absolute Gasteiger partial charge is 0.507 e. The number of aliphatic hydroxyl groups is 1. The van der Waals surface area contributed by atoms with Gasteiger partial charge in [0.1, 0.15) is 11.8 Å². The van der Waals surface area contributed by atoms with Gasteiger partial charge in [0, 0.05) is 15.3 Å². The van der Waals surface area contributed by atoms with E-state index in [9.17, 15) is 14.7 Å². The molecule has 1 aliphatic rings. The number of nitrogens with zero attached hydrogens (tertiary/aromatic N) is 2. The van der Waals surface area contributed by atoms with Crippen LogP contribution in [0.5, 0.6) is 0 Å². The molecule has 1 saturated heterocycles. The summed E-state index contributed by atoms with van der Waals surface area (Å²) in [6, 6.07) is 10.3. The van der Waals surface area contributed by atoms with Gasteiger partial charge in [0.15, 0.2) is 5.13 Å². The number of aryl methyl sites for hydroxylation is 3. The maximum absolute atomic E-state index is 12.9. The average Bonchev–Trinajstić information content (AvgIpc) is 3.36. The number of anilines is 1. The van der Waals surface area contributed by atoms with Crippen molar-refractivity contribution in [3.05, 3.63) is 73.9 Å². The second-order valence-corrected chi connectivity index (χ2v) is 8.85. The highest BCUT2D eigenvalue weighted by Crippen LogP contribution is 2.44. The van der Waals surface area contributed by atoms with Crippen LogP contribution in [-0.2, 0) is 9.59 Å². The highest BCUT2D eigenvalue weighted by Gasteiger charge is 2.48. The minimum atomic E-state index is -0.693. The van der Waals surface area contributed by atoms with Crippen molar-refractivity contribution in [3.8, 4) is 0 Å². The first-order valence-electron chi connectivity index (χ1n) is 8.74. The molecule has 7 heteroatoms. The van der Waals surface area contributed by atoms with Crippen LogP contribution < -0.4 is 4.90 Å². The van der Waals surface area contributed by atoms with Crippen LogP contribution in [0.15, 0.2) is 47.4 Å². The number of carbonyl (C=O) groups is 2. The van der Waals surface area contributed by atoms with E-state index < -0.39 is 17.7 Å². The van der Waals surface area contributed by atoms with Crippen LogP contribution in [-0.4, -0.2) is 21.8 Å². The fourth-order valence-electron chi connectivity index (χ4n) is 3.17. The number of hydrogen-bond acceptors (Lipinski definition) is 6. The van der Waals surface area contributed by atoms with Gasteiger partial charge >= 0.3 is 5.91 Å². The Morgan fingerprint density at radius 3 is 2.39 bits per heavy atom. The zero-order valence-corrected chi connectivity index (χ0v) is 17.2. The lowest BCUT2D eigenvalue weighted by atomic mass is 9.99. The fourth-order valence-corrected chi connectivity index (χ4v) is 4.93. The van der Waals surface area contributed by atoms with Crippen molar-refractivity contribution in [3.63, 3.8) is 0 Å². The molecule has 1 amide bonds. The normalized spacial score (nSPS) is 18.8. The Kier molecular flexibility index (Phi) is 4.64. The number of hydrogen-bond donors (Lipinski definition) is 1. The van der Waals surface area contributed by atoms with Crippen LogP contribution in [0.4, 0.5) is 5.13 Å². The lowest BCUT2D eigenvalue weighted by Crippen LogP contribution is -2.29. The molecule has 0 saturated carbocycles. The van der Waals surface area contributed by atoms with E-state index in [0.717, 1.165) is 21.0 Å². The van der Waals surface area contributed by atoms with Gasteiger partial charge in [-0.1, -0.05) is 35.9 Å². The van der Waals surface area contributed by atoms with Gasteiger partial charge in [-0.25, -0.2) is 4.98 Å². The van der Waals surface area contributed by atoms with Crippen molar-refractivity contribution in [2.45, 2.75) is 26.8 Å². The molecule has 1 fully saturated rings. The van der Waals surface area contributed by atoms with Crippen molar-refractivity contribution in [2.75, 3.05) is 4.90 Å². The summed E-state index contributed by atoms with van der Waals surface area (Å²) in [5, 5.41) is 13.3. The second kappa shape index (κ2) is 7.00. The third kappa shape index (κ3) is 2.96. The van der Waals surface area contributed by atoms with E-state index >= 15 is 0 Å². The lowest BCUT2D eigenvalue weighted by molar-refractivity contribution is -0.132. The monoisotopic (exact) mass is 410 g/mol. The zero-order chi connectivity index (χ0) is 20.0. The van der Waals surface area contributed by atoms with E-state index in [-0.39, 0.29) is 11.3 Å². The van der Waals surface area contributed by atoms with E-state index in [4.69, 9.17) is 0 Å². The summed E-state index contributed by atoms with van der Waals surface area (Å²) >= 11 is 2.81. The molecule has 1 aliphatic heterocycles. The number of ketones is 1. The Balaban J connectivity index is 1.92. The number of rotatable bonds is 3. The summed E-state index contributed by atoms with van der Waals surface area (Å²) in [6.45, 7) is 5.75. The quantitative estimate of drug-likeness (QED) is 0.384. The van der Waals surface area contributed by atoms with Gasteiger partial charge < -0.3 is 5.11 Å². The molecule has 2 aromatic heterocycles. The number of aromatic nitrogens is 1. The van der Waals surface area contributed by atoms with Gasteiger partial charge in [-0.05, 0) is 32.2 Å². The summed E-state index contributed by atoms with van der Waals surface area (Å²) in [6.07, 6.45) is 0. The van der Waals surface area contributed by atoms with E-state index in [0.29, 0.717) is 10.7 Å². The number of thiazole rings is 1. The highest BCUT2D eigenvalue weighted by atomic mass is 32.1. The van der Waals surface area contributed by atoms with Gasteiger partial charge in [0.25, 0.3) is 5.78 Å². The van der Waals surface area contributed by atoms with Gasteiger partial charge in [0.05, 0.1) is 11.3 Å². The molecule has 142 valence electrons. The maximum Gasteiger partial charge on any atom is 0.301 e. The Morgan fingerprint density at radius 2 is 1.82 bits per heavy atom. The standard InChI is InChI=1S/C21H18N2O3S2/c1-11-6-8-14(9-7-11)18(24)16-17(15-5-4-10-27-15)23(20(26)19(16)25)21-22-12(2)13(3)28-21/h4-10,17,24H,1-3H3/t17-/m1/s1. The third-order valence-corrected chi connectivity index (χ3v) is 6.80. The molecule has 1 N–H and O–H groups in total. The minimum absolute atomic E-state index is 0.0989. The first kappa shape index (κ1) is 18.6. The van der Waals surface area contributed by atoms with Crippen LogP contribution in [0.25, 0.3) is 5.76 Å². The molecule has 0 unspecified atom stereocenters. The number of aliphatic hydroxyl groups excluding tert-OH is 1. The van der Waals surface area contributed by atoms with Crippen molar-refractivity contribution >= 4 is 45.3 Å². The summed E-state index contributed by atoms with van der Waals surface area (Å²) in [7, 11) is 0. The Hall–Kier alpha value is -2.77. The van der Waals surface area contributed by atoms with Crippen molar-refractivity contribution in [2.24, 2.45) is 0 Å². The fraction of sp³-hybridized carbons (Fsp3) is 0.190. The summed E-state index contributed by atoms with van der Waals surface area (Å²) in [5.41, 5.74) is 2.48. The Morgan fingerprint density at radius 1 is 1.11 bits per heavy atom. The molecule has 1 atom stereocenters. The molecule has 3 aromatic rings. The number of carbonyl (C=O) groups excluding carboxylic acids is 2. The van der Waals surface area contributed by atoms with Crippen LogP contribution in [0.3, 0.4) is 0 Å². The molecule has 0 aliphatic carbocycles. The summed E-state index contributed by atoms with van der Waals surface area (Å²) < 4.78 is 0. The predicted octanol–water partition coefficient (Wildman–Crippen LogP) is 4.76. The van der Waals surface area contributed by atoms with Crippen LogP contribution >= 0.6 is 22.7 Å². The van der Waals surface area contributed by atoms with Crippen molar-refractivity contribution < 1.29 is 14.7 Å². The molecule has 4 rings (SSSR count). The smallest absolute Gasteiger partial charge is 0.301 e. The SMILES string of the molecule is Cc1ccc(C(O)=C2C(=O)C(=O)N(c3nc(C)c(C)s3)[C@@H]2c2cccs2)cc1. The molecule has 3 heterocycles. The van der Waals surface area contributed by atoms with E-state index in [2.05, 4.69) is 4.98 Å². The average molecular weight is 411 g/mol. The number of Topliss-reactive ketones (excluding diaryl/α,β-unsaturated/α-hetero) is 1. The highest BCUT2D eigenvalue weighted by molar-refractivity contribution is 7.16. The number of thiophene rings is 1. The third-order valence-electron chi connectivity index (χ3n) is 4.81. The predicted molar refractivity (Wildman–Crippen MR) is 112 cm³/mol.